The first-order chi connectivity index (χ1) is 9.18. The minimum atomic E-state index is -0.393. The first-order valence-electron chi connectivity index (χ1n) is 6.59. The fourth-order valence-corrected chi connectivity index (χ4v) is 2.81. The predicted molar refractivity (Wildman–Crippen MR) is 67.8 cm³/mol. The largest absolute Gasteiger partial charge is 0.379 e. The molecule has 1 N–H and O–H groups in total. The average Bonchev–Trinajstić information content (AvgIpc) is 3.00. The van der Waals surface area contributed by atoms with Gasteiger partial charge >= 0.3 is 0 Å². The Morgan fingerprint density at radius 3 is 2.89 bits per heavy atom. The lowest BCUT2D eigenvalue weighted by Gasteiger charge is -2.29. The van der Waals surface area contributed by atoms with Crippen molar-refractivity contribution in [1.29, 1.82) is 0 Å². The first kappa shape index (κ1) is 12.6. The number of hydrogen-bond acceptors (Lipinski definition) is 3. The molecule has 0 saturated carbocycles. The highest BCUT2D eigenvalue weighted by atomic mass is 19.1. The van der Waals surface area contributed by atoms with Gasteiger partial charge in [0, 0.05) is 12.2 Å². The maximum atomic E-state index is 13.9. The van der Waals surface area contributed by atoms with E-state index in [0.717, 1.165) is 6.42 Å². The monoisotopic (exact) mass is 264 g/mol. The quantitative estimate of drug-likeness (QED) is 0.878. The van der Waals surface area contributed by atoms with Crippen molar-refractivity contribution < 1.29 is 13.9 Å². The molecule has 2 saturated heterocycles. The fourth-order valence-electron chi connectivity index (χ4n) is 2.81. The summed E-state index contributed by atoms with van der Waals surface area (Å²) in [4.78, 5) is 14.0. The molecule has 102 valence electrons. The van der Waals surface area contributed by atoms with Gasteiger partial charge in [-0.1, -0.05) is 18.2 Å². The molecule has 4 nitrogen and oxygen atoms in total. The SMILES string of the molecule is CC1NC(c2ccccc2F)N(C2CCOC2)C1=O. The van der Waals surface area contributed by atoms with Crippen molar-refractivity contribution in [3.05, 3.63) is 35.6 Å². The van der Waals surface area contributed by atoms with Gasteiger partial charge in [0.25, 0.3) is 0 Å². The van der Waals surface area contributed by atoms with Crippen molar-refractivity contribution in [2.24, 2.45) is 0 Å². The van der Waals surface area contributed by atoms with E-state index in [1.807, 2.05) is 6.92 Å². The van der Waals surface area contributed by atoms with Crippen LogP contribution in [0.1, 0.15) is 25.1 Å². The molecule has 1 aromatic carbocycles. The molecule has 1 amide bonds. The van der Waals surface area contributed by atoms with E-state index in [1.165, 1.54) is 6.07 Å². The summed E-state index contributed by atoms with van der Waals surface area (Å²) in [6.07, 6.45) is 0.417. The molecular weight excluding hydrogens is 247 g/mol. The highest BCUT2D eigenvalue weighted by molar-refractivity contribution is 5.84. The maximum absolute atomic E-state index is 13.9. The maximum Gasteiger partial charge on any atom is 0.241 e. The second kappa shape index (κ2) is 4.90. The molecule has 0 bridgehead atoms. The van der Waals surface area contributed by atoms with Crippen molar-refractivity contribution in [2.45, 2.75) is 31.6 Å². The van der Waals surface area contributed by atoms with Crippen LogP contribution in [0.2, 0.25) is 0 Å². The number of carbonyl (C=O) groups is 1. The number of carbonyl (C=O) groups excluding carboxylic acids is 1. The molecule has 3 unspecified atom stereocenters. The Morgan fingerprint density at radius 1 is 1.42 bits per heavy atom. The Balaban J connectivity index is 1.94. The molecule has 2 aliphatic heterocycles. The standard InChI is InChI=1S/C14H17FN2O2/c1-9-14(18)17(10-6-7-19-8-10)13(16-9)11-4-2-3-5-12(11)15/h2-5,9-10,13,16H,6-8H2,1H3. The highest BCUT2D eigenvalue weighted by Gasteiger charge is 2.43. The molecule has 3 atom stereocenters. The Labute approximate surface area is 111 Å². The lowest BCUT2D eigenvalue weighted by atomic mass is 10.1. The van der Waals surface area contributed by atoms with Crippen LogP contribution in [0.4, 0.5) is 4.39 Å². The van der Waals surface area contributed by atoms with Crippen LogP contribution in [0.3, 0.4) is 0 Å². The Morgan fingerprint density at radius 2 is 2.21 bits per heavy atom. The van der Waals surface area contributed by atoms with Gasteiger partial charge in [-0.05, 0) is 19.4 Å². The van der Waals surface area contributed by atoms with Crippen molar-refractivity contribution in [2.75, 3.05) is 13.2 Å². The number of halogens is 1. The van der Waals surface area contributed by atoms with E-state index in [9.17, 15) is 9.18 Å². The first-order valence-corrected chi connectivity index (χ1v) is 6.59. The molecule has 2 fully saturated rings. The molecule has 0 radical (unpaired) electrons. The van der Waals surface area contributed by atoms with Crippen LogP contribution in [0, 0.1) is 5.82 Å². The summed E-state index contributed by atoms with van der Waals surface area (Å²) < 4.78 is 19.3. The van der Waals surface area contributed by atoms with E-state index in [4.69, 9.17) is 4.74 Å². The van der Waals surface area contributed by atoms with Gasteiger partial charge in [0.1, 0.15) is 12.0 Å². The van der Waals surface area contributed by atoms with E-state index in [1.54, 1.807) is 23.1 Å². The Kier molecular flexibility index (Phi) is 3.24. The van der Waals surface area contributed by atoms with Crippen LogP contribution >= 0.6 is 0 Å². The molecule has 2 heterocycles. The molecule has 0 aliphatic carbocycles. The van der Waals surface area contributed by atoms with Crippen LogP contribution in [-0.4, -0.2) is 36.1 Å². The van der Waals surface area contributed by atoms with E-state index in [2.05, 4.69) is 5.32 Å². The Bertz CT molecular complexity index is 488. The van der Waals surface area contributed by atoms with Crippen molar-refractivity contribution in [1.82, 2.24) is 10.2 Å². The second-order valence-corrected chi connectivity index (χ2v) is 5.08. The molecule has 2 aliphatic rings. The van der Waals surface area contributed by atoms with Crippen molar-refractivity contribution >= 4 is 5.91 Å². The van der Waals surface area contributed by atoms with Gasteiger partial charge in [0.15, 0.2) is 0 Å². The Hall–Kier alpha value is -1.46. The normalized spacial score (nSPS) is 31.2. The summed E-state index contributed by atoms with van der Waals surface area (Å²) in [6, 6.07) is 6.34. The predicted octanol–water partition coefficient (Wildman–Crippen LogP) is 1.43. The molecule has 19 heavy (non-hydrogen) atoms. The van der Waals surface area contributed by atoms with E-state index in [-0.39, 0.29) is 23.8 Å². The molecule has 5 heteroatoms. The third-order valence-electron chi connectivity index (χ3n) is 3.81. The minimum absolute atomic E-state index is 0.0174. The van der Waals surface area contributed by atoms with Crippen LogP contribution in [0.15, 0.2) is 24.3 Å². The van der Waals surface area contributed by atoms with Crippen LogP contribution in [0.25, 0.3) is 0 Å². The summed E-state index contributed by atoms with van der Waals surface area (Å²) in [6.45, 7) is 3.00. The lowest BCUT2D eigenvalue weighted by molar-refractivity contribution is -0.132. The summed E-state index contributed by atoms with van der Waals surface area (Å²) in [5.41, 5.74) is 0.520. The number of rotatable bonds is 2. The average molecular weight is 264 g/mol. The zero-order valence-corrected chi connectivity index (χ0v) is 10.8. The molecule has 3 rings (SSSR count). The van der Waals surface area contributed by atoms with Crippen molar-refractivity contribution in [3.8, 4) is 0 Å². The highest BCUT2D eigenvalue weighted by Crippen LogP contribution is 2.31. The van der Waals surface area contributed by atoms with Gasteiger partial charge in [-0.3, -0.25) is 10.1 Å². The zero-order chi connectivity index (χ0) is 13.4. The summed E-state index contributed by atoms with van der Waals surface area (Å²) >= 11 is 0. The van der Waals surface area contributed by atoms with E-state index < -0.39 is 6.17 Å². The van der Waals surface area contributed by atoms with Gasteiger partial charge in [-0.25, -0.2) is 4.39 Å². The number of nitrogens with one attached hydrogen (secondary N) is 1. The second-order valence-electron chi connectivity index (χ2n) is 5.08. The van der Waals surface area contributed by atoms with Crippen LogP contribution < -0.4 is 5.32 Å². The molecule has 0 spiro atoms. The third kappa shape index (κ3) is 2.13. The summed E-state index contributed by atoms with van der Waals surface area (Å²) in [5, 5.41) is 3.17. The number of hydrogen-bond donors (Lipinski definition) is 1. The molecule has 0 aromatic heterocycles. The van der Waals surface area contributed by atoms with Gasteiger partial charge in [-0.2, -0.15) is 0 Å². The van der Waals surface area contributed by atoms with Crippen LogP contribution in [-0.2, 0) is 9.53 Å². The zero-order valence-electron chi connectivity index (χ0n) is 10.8. The number of benzene rings is 1. The number of nitrogens with zero attached hydrogens (tertiary/aromatic N) is 1. The van der Waals surface area contributed by atoms with Gasteiger partial charge < -0.3 is 9.64 Å². The van der Waals surface area contributed by atoms with Gasteiger partial charge in [0.2, 0.25) is 5.91 Å². The minimum Gasteiger partial charge on any atom is -0.379 e. The van der Waals surface area contributed by atoms with E-state index >= 15 is 0 Å². The van der Waals surface area contributed by atoms with E-state index in [0.29, 0.717) is 18.8 Å². The van der Waals surface area contributed by atoms with Crippen LogP contribution in [0.5, 0.6) is 0 Å². The summed E-state index contributed by atoms with van der Waals surface area (Å²) in [5.74, 6) is -0.269. The number of ether oxygens (including phenoxy) is 1. The number of amides is 1. The fraction of sp³-hybridized carbons (Fsp3) is 0.500. The topological polar surface area (TPSA) is 41.6 Å². The molecular formula is C14H17FN2O2. The molecule has 1 aromatic rings. The van der Waals surface area contributed by atoms with Gasteiger partial charge in [-0.15, -0.1) is 0 Å². The van der Waals surface area contributed by atoms with Crippen molar-refractivity contribution in [3.63, 3.8) is 0 Å². The summed E-state index contributed by atoms with van der Waals surface area (Å²) in [7, 11) is 0. The third-order valence-corrected chi connectivity index (χ3v) is 3.81. The lowest BCUT2D eigenvalue weighted by Crippen LogP contribution is -2.40. The smallest absolute Gasteiger partial charge is 0.241 e. The van der Waals surface area contributed by atoms with Gasteiger partial charge in [0.05, 0.1) is 18.7 Å².